The van der Waals surface area contributed by atoms with Crippen molar-refractivity contribution in [1.29, 1.82) is 0 Å². The molecule has 0 spiro atoms. The summed E-state index contributed by atoms with van der Waals surface area (Å²) in [6.07, 6.45) is 13.3. The van der Waals surface area contributed by atoms with Crippen LogP contribution < -0.4 is 69.7 Å². The van der Waals surface area contributed by atoms with Crippen molar-refractivity contribution in [2.75, 3.05) is 37.1 Å². The zero-order valence-electron chi connectivity index (χ0n) is 54.9. The van der Waals surface area contributed by atoms with Gasteiger partial charge in [-0.3, -0.25) is 22.7 Å². The number of aliphatic carboxylic acids is 1. The first-order chi connectivity index (χ1) is 46.9. The summed E-state index contributed by atoms with van der Waals surface area (Å²) >= 11 is 23.4. The van der Waals surface area contributed by atoms with Gasteiger partial charge < -0.3 is 44.9 Å². The molecule has 0 fully saturated rings. The van der Waals surface area contributed by atoms with E-state index < -0.39 is 115 Å². The van der Waals surface area contributed by atoms with Gasteiger partial charge in [0.25, 0.3) is 20.2 Å². The number of hydrogen-bond acceptors (Lipinski definition) is 30. The Kier molecular flexibility index (Phi) is 42.6. The number of aliphatic hydroxyl groups is 1. The number of esters is 1. The average Bonchev–Trinajstić information content (AvgIpc) is 0.756. The van der Waals surface area contributed by atoms with Gasteiger partial charge in [-0.25, -0.2) is 16.8 Å². The molecule has 0 bridgehead atoms. The van der Waals surface area contributed by atoms with Gasteiger partial charge in [0.2, 0.25) is 33.0 Å². The molecule has 0 aliphatic carbocycles. The summed E-state index contributed by atoms with van der Waals surface area (Å²) in [6, 6.07) is 21.9. The molecule has 2 aromatic heterocycles. The smallest absolute Gasteiger partial charge is 0.744 e. The van der Waals surface area contributed by atoms with E-state index in [1.807, 2.05) is 0 Å². The Bertz CT molecular complexity index is 4660. The van der Waals surface area contributed by atoms with Crippen molar-refractivity contribution in [3.05, 3.63) is 118 Å². The standard InChI is InChI=1S/C30H32Cl2N6O9S2.C21H16Cl2N6O8S2.C9H18O2.2CH4.FH.2Na/c1-2-3-4-5-6-10-13-25(39)46-14-15-47-49(44,45)23-16-19-17-24(48(41,42)43)26(38-37-20-11-8-7-9-12-20)27(40)21(19)18-22(23)33-30-35-28(31)34-29(32)36-30;22-19-25-20(23)27-21(26-19)24-14-10-13-11(8-15(14)39(35,36)37-7-6-30)9-16(38(32,33)34)17(18(13)31)29-28-12-4-2-1-3-5-12;1-2-3-4-5-6-7-8-9(10)11;;;;;/h7-9,11-12,16-18,40H,2-6,10,13-15H2,1H3,(H,41,42,43)(H,33,34,35,36);1-5,8-10,30-31H,6-7H2,(H,32,33,34)(H,24,25,26,27);2-8H2,1H3,(H,10,11);2*1H4;1H;;/q;;;;;;2*+1/p-2. The van der Waals surface area contributed by atoms with Gasteiger partial charge in [0.1, 0.15) is 54.6 Å². The van der Waals surface area contributed by atoms with E-state index in [4.69, 9.17) is 69.7 Å². The fraction of sp³-hybridized carbons (Fsp3) is 0.355. The molecular weight excluding hydrogens is 1550 g/mol. The van der Waals surface area contributed by atoms with Crippen LogP contribution in [0.1, 0.15) is 119 Å². The Morgan fingerprint density at radius 1 is 0.490 bits per heavy atom. The van der Waals surface area contributed by atoms with Crippen LogP contribution in [0.3, 0.4) is 0 Å². The summed E-state index contributed by atoms with van der Waals surface area (Å²) in [5, 5.41) is 58.1. The molecule has 6 aromatic carbocycles. The van der Waals surface area contributed by atoms with Gasteiger partial charge in [-0.2, -0.15) is 57.0 Å². The maximum absolute atomic E-state index is 13.5. The number of fused-ring (bicyclic) bond motifs is 2. The first kappa shape index (κ1) is 95.9. The summed E-state index contributed by atoms with van der Waals surface area (Å²) in [5.41, 5.74) is -1.35. The topological polar surface area (TPSA) is 476 Å². The summed E-state index contributed by atoms with van der Waals surface area (Å²) in [4.78, 5) is 41.6. The number of hydrogen-bond donors (Lipinski definition) is 6. The first-order valence-corrected chi connectivity index (χ1v) is 37.1. The second-order valence-corrected chi connectivity index (χ2v) is 28.0. The molecule has 104 heavy (non-hydrogen) atoms. The van der Waals surface area contributed by atoms with E-state index >= 15 is 0 Å². The normalized spacial score (nSPS) is 11.4. The maximum atomic E-state index is 13.5. The number of carboxylic acid groups (broad SMARTS) is 1. The van der Waals surface area contributed by atoms with E-state index in [9.17, 15) is 62.6 Å². The number of carboxylic acids is 1. The maximum Gasteiger partial charge on any atom is 1.00 e. The number of aliphatic hydroxyl groups excluding tert-OH is 1. The first-order valence-electron chi connectivity index (χ1n) is 29.9. The number of nitrogens with one attached hydrogen (secondary N) is 2. The third-order valence-electron chi connectivity index (χ3n) is 13.5. The molecule has 42 heteroatoms. The Labute approximate surface area is 665 Å². The molecule has 2 heterocycles. The molecule has 0 saturated carbocycles. The number of aromatic nitrogens is 6. The minimum atomic E-state index is -5.27. The van der Waals surface area contributed by atoms with E-state index in [1.54, 1.807) is 60.7 Å². The number of rotatable bonds is 33. The fourth-order valence-electron chi connectivity index (χ4n) is 8.89. The van der Waals surface area contributed by atoms with Crippen molar-refractivity contribution >= 4 is 166 Å². The number of phenols is 2. The molecule has 6 N–H and O–H groups in total. The molecule has 0 unspecified atom stereocenters. The van der Waals surface area contributed by atoms with Crippen LogP contribution in [0, 0.1) is 0 Å². The Morgan fingerprint density at radius 3 is 1.19 bits per heavy atom. The van der Waals surface area contributed by atoms with Crippen LogP contribution in [-0.2, 0) is 63.2 Å². The molecule has 8 aromatic rings. The number of halogens is 5. The summed E-state index contributed by atoms with van der Waals surface area (Å²) in [7, 11) is -19.8. The zero-order valence-corrected chi connectivity index (χ0v) is 65.2. The number of aromatic hydroxyl groups is 2. The molecule has 556 valence electrons. The fourth-order valence-corrected chi connectivity index (χ4v) is 13.0. The SMILES string of the molecule is C.C.CCCCCCCCC(=O)O.CCCCCCCCC(=O)OCCOS(=O)(=O)c1cc2cc(S(=O)(=O)[O-])c(N=Nc3ccccc3)c(O)c2cc1Nc1nc(Cl)nc(Cl)n1.F.O=S(=O)([O-])c1cc2cc(S(=O)(=O)OCCO)c(Nc3nc(Cl)nc(Cl)n3)cc2c(O)c1N=Nc1ccccc1.[Na+].[Na+]. The van der Waals surface area contributed by atoms with Crippen LogP contribution in [0.25, 0.3) is 21.5 Å². The Hall–Kier alpha value is -6.11. The molecule has 0 aliphatic rings. The van der Waals surface area contributed by atoms with Crippen molar-refractivity contribution < 1.29 is 150 Å². The Morgan fingerprint density at radius 2 is 0.837 bits per heavy atom. The van der Waals surface area contributed by atoms with Crippen LogP contribution in [0.2, 0.25) is 21.1 Å². The van der Waals surface area contributed by atoms with Crippen molar-refractivity contribution in [3.8, 4) is 11.5 Å². The second kappa shape index (κ2) is 46.2. The van der Waals surface area contributed by atoms with Crippen molar-refractivity contribution in [3.63, 3.8) is 0 Å². The Balaban J connectivity index is 0.000000884. The number of phenolic OH excluding ortho intramolecular Hbond substituents is 2. The molecule has 0 aliphatic heterocycles. The number of azo groups is 2. The van der Waals surface area contributed by atoms with Gasteiger partial charge in [-0.15, -0.1) is 10.2 Å². The third kappa shape index (κ3) is 30.3. The molecular formula is C62H73Cl4FN12Na2O19S4. The number of ether oxygens (including phenoxy) is 1. The van der Waals surface area contributed by atoms with Gasteiger partial charge in [-0.05, 0) is 131 Å². The van der Waals surface area contributed by atoms with Crippen LogP contribution in [0.4, 0.5) is 50.7 Å². The second-order valence-electron chi connectivity index (χ2n) is 20.8. The van der Waals surface area contributed by atoms with Crippen molar-refractivity contribution in [1.82, 2.24) is 29.9 Å². The van der Waals surface area contributed by atoms with E-state index in [0.717, 1.165) is 81.3 Å². The number of carbonyl (C=O) groups excluding carboxylic acids is 1. The summed E-state index contributed by atoms with van der Waals surface area (Å²) < 4.78 is 141. The number of benzene rings is 6. The molecule has 0 atom stereocenters. The van der Waals surface area contributed by atoms with E-state index in [1.165, 1.54) is 25.7 Å². The average molecular weight is 1630 g/mol. The molecule has 0 amide bonds. The molecule has 8 rings (SSSR count). The molecule has 0 radical (unpaired) electrons. The van der Waals surface area contributed by atoms with Crippen LogP contribution in [0.5, 0.6) is 11.5 Å². The predicted octanol–water partition coefficient (Wildman–Crippen LogP) is 9.15. The minimum absolute atomic E-state index is 0. The van der Waals surface area contributed by atoms with Crippen LogP contribution >= 0.6 is 46.4 Å². The number of anilines is 4. The van der Waals surface area contributed by atoms with Gasteiger partial charge >= 0.3 is 71.1 Å². The van der Waals surface area contributed by atoms with E-state index in [0.29, 0.717) is 18.5 Å². The molecule has 31 nitrogen and oxygen atoms in total. The largest absolute Gasteiger partial charge is 1.00 e. The van der Waals surface area contributed by atoms with Gasteiger partial charge in [0.05, 0.1) is 45.8 Å². The summed E-state index contributed by atoms with van der Waals surface area (Å²) in [5.74, 6) is -3.36. The van der Waals surface area contributed by atoms with E-state index in [-0.39, 0.29) is 163 Å². The monoisotopic (exact) mass is 1620 g/mol. The minimum Gasteiger partial charge on any atom is -0.744 e. The number of nitrogens with zero attached hydrogens (tertiary/aromatic N) is 10. The predicted molar refractivity (Wildman–Crippen MR) is 379 cm³/mol. The van der Waals surface area contributed by atoms with Crippen molar-refractivity contribution in [2.24, 2.45) is 20.5 Å². The third-order valence-corrected chi connectivity index (χ3v) is 18.6. The summed E-state index contributed by atoms with van der Waals surface area (Å²) in [6.45, 7) is 2.11. The van der Waals surface area contributed by atoms with Gasteiger partial charge in [-0.1, -0.05) is 129 Å². The molecule has 0 saturated heterocycles. The van der Waals surface area contributed by atoms with Crippen LogP contribution in [-0.4, -0.2) is 131 Å². The van der Waals surface area contributed by atoms with Crippen LogP contribution in [0.15, 0.2) is 137 Å². The van der Waals surface area contributed by atoms with Gasteiger partial charge in [0.15, 0.2) is 11.5 Å². The van der Waals surface area contributed by atoms with Gasteiger partial charge in [0, 0.05) is 23.6 Å². The number of carbonyl (C=O) groups is 2. The van der Waals surface area contributed by atoms with Crippen molar-refractivity contribution in [2.45, 2.75) is 138 Å². The zero-order chi connectivity index (χ0) is 72.5. The quantitative estimate of drug-likeness (QED) is 0.00557. The van der Waals surface area contributed by atoms with E-state index in [2.05, 4.69) is 74.8 Å². The number of unbranched alkanes of at least 4 members (excludes halogenated alkanes) is 10.